The molecular weight excluding hydrogens is 330 g/mol. The van der Waals surface area contributed by atoms with Gasteiger partial charge in [0.2, 0.25) is 0 Å². The molecule has 1 aliphatic heterocycles. The number of hydrogen-bond acceptors (Lipinski definition) is 3. The molecule has 2 aromatic rings. The highest BCUT2D eigenvalue weighted by Gasteiger charge is 2.28. The van der Waals surface area contributed by atoms with Gasteiger partial charge in [0.25, 0.3) is 5.91 Å². The second-order valence-electron chi connectivity index (χ2n) is 5.77. The molecule has 0 saturated carbocycles. The molecule has 1 fully saturated rings. The van der Waals surface area contributed by atoms with E-state index in [4.69, 9.17) is 16.3 Å². The Hall–Kier alpha value is -2.21. The zero-order valence-corrected chi connectivity index (χ0v) is 14.5. The monoisotopic (exact) mass is 349 g/mol. The Kier molecular flexibility index (Phi) is 4.66. The summed E-state index contributed by atoms with van der Waals surface area (Å²) in [7, 11) is 0. The Morgan fingerprint density at radius 3 is 2.54 bits per heavy atom. The largest absolute Gasteiger partial charge is 0.450 e. The van der Waals surface area contributed by atoms with E-state index in [-0.39, 0.29) is 12.0 Å². The molecule has 0 bridgehead atoms. The molecule has 1 aromatic carbocycles. The van der Waals surface area contributed by atoms with Crippen molar-refractivity contribution in [1.29, 1.82) is 0 Å². The minimum atomic E-state index is -0.320. The molecule has 24 heavy (non-hydrogen) atoms. The van der Waals surface area contributed by atoms with Crippen molar-refractivity contribution < 1.29 is 14.3 Å². The minimum absolute atomic E-state index is 0.0375. The molecule has 1 aromatic heterocycles. The maximum absolute atomic E-state index is 12.9. The highest BCUT2D eigenvalue weighted by molar-refractivity contribution is 6.35. The lowest BCUT2D eigenvalue weighted by molar-refractivity contribution is 0.0571. The number of aromatic amines is 1. The summed E-state index contributed by atoms with van der Waals surface area (Å²) in [4.78, 5) is 31.3. The number of benzene rings is 1. The number of nitrogens with one attached hydrogen (secondary N) is 1. The van der Waals surface area contributed by atoms with Crippen molar-refractivity contribution in [3.8, 4) is 0 Å². The molecule has 1 N–H and O–H groups in total. The molecule has 128 valence electrons. The highest BCUT2D eigenvalue weighted by atomic mass is 35.5. The first kappa shape index (κ1) is 16.6. The Bertz CT molecular complexity index is 779. The number of hydrogen-bond donors (Lipinski definition) is 1. The summed E-state index contributed by atoms with van der Waals surface area (Å²) in [5, 5.41) is 1.43. The van der Waals surface area contributed by atoms with Crippen LogP contribution in [0.2, 0.25) is 5.02 Å². The second kappa shape index (κ2) is 6.73. The standard InChI is InChI=1S/C17H20ClN3O3/c1-3-24-17(23)21-9-7-20(8-10-21)16(22)14-11(2)19-15-12(14)5-4-6-13(15)18/h4-6,19H,3,7-10H2,1-2H3. The fourth-order valence-electron chi connectivity index (χ4n) is 3.05. The van der Waals surface area contributed by atoms with Crippen LogP contribution < -0.4 is 0 Å². The van der Waals surface area contributed by atoms with Crippen molar-refractivity contribution in [2.45, 2.75) is 13.8 Å². The Balaban J connectivity index is 1.78. The van der Waals surface area contributed by atoms with Crippen LogP contribution in [0, 0.1) is 6.92 Å². The molecule has 2 amide bonds. The minimum Gasteiger partial charge on any atom is -0.450 e. The lowest BCUT2D eigenvalue weighted by Gasteiger charge is -2.34. The van der Waals surface area contributed by atoms with Gasteiger partial charge in [-0.25, -0.2) is 4.79 Å². The topological polar surface area (TPSA) is 65.6 Å². The molecule has 0 radical (unpaired) electrons. The third kappa shape index (κ3) is 2.94. The number of carbonyl (C=O) groups excluding carboxylic acids is 2. The van der Waals surface area contributed by atoms with Gasteiger partial charge in [0.15, 0.2) is 0 Å². The van der Waals surface area contributed by atoms with Crippen LogP contribution in [0.3, 0.4) is 0 Å². The van der Waals surface area contributed by atoms with Crippen molar-refractivity contribution in [3.05, 3.63) is 34.5 Å². The maximum atomic E-state index is 12.9. The Morgan fingerprint density at radius 1 is 1.21 bits per heavy atom. The third-order valence-electron chi connectivity index (χ3n) is 4.28. The second-order valence-corrected chi connectivity index (χ2v) is 6.17. The van der Waals surface area contributed by atoms with Crippen LogP contribution in [0.4, 0.5) is 4.79 Å². The molecule has 1 aliphatic rings. The average Bonchev–Trinajstić information content (AvgIpc) is 2.92. The van der Waals surface area contributed by atoms with Gasteiger partial charge in [-0.05, 0) is 19.9 Å². The number of aromatic nitrogens is 1. The van der Waals surface area contributed by atoms with Crippen LogP contribution in [0.5, 0.6) is 0 Å². The van der Waals surface area contributed by atoms with E-state index >= 15 is 0 Å². The summed E-state index contributed by atoms with van der Waals surface area (Å²) in [6, 6.07) is 5.53. The zero-order valence-electron chi connectivity index (χ0n) is 13.8. The van der Waals surface area contributed by atoms with Crippen molar-refractivity contribution in [3.63, 3.8) is 0 Å². The first-order valence-electron chi connectivity index (χ1n) is 8.00. The number of aryl methyl sites for hydroxylation is 1. The lowest BCUT2D eigenvalue weighted by atomic mass is 10.1. The van der Waals surface area contributed by atoms with E-state index in [1.165, 1.54) is 0 Å². The summed E-state index contributed by atoms with van der Waals surface area (Å²) < 4.78 is 5.00. The number of rotatable bonds is 2. The first-order chi connectivity index (χ1) is 11.5. The number of H-pyrrole nitrogens is 1. The molecule has 0 atom stereocenters. The molecular formula is C17H20ClN3O3. The molecule has 6 nitrogen and oxygen atoms in total. The Labute approximate surface area is 145 Å². The summed E-state index contributed by atoms with van der Waals surface area (Å²) in [6.45, 7) is 5.95. The van der Waals surface area contributed by atoms with Crippen LogP contribution in [-0.2, 0) is 4.74 Å². The van der Waals surface area contributed by atoms with E-state index in [1.807, 2.05) is 19.1 Å². The first-order valence-corrected chi connectivity index (χ1v) is 8.38. The summed E-state index contributed by atoms with van der Waals surface area (Å²) in [6.07, 6.45) is -0.320. The van der Waals surface area contributed by atoms with Gasteiger partial charge in [-0.3, -0.25) is 4.79 Å². The van der Waals surface area contributed by atoms with Crippen molar-refractivity contribution in [2.75, 3.05) is 32.8 Å². The fourth-order valence-corrected chi connectivity index (χ4v) is 3.27. The number of piperazine rings is 1. The number of amides is 2. The van der Waals surface area contributed by atoms with Crippen LogP contribution in [0.25, 0.3) is 10.9 Å². The van der Waals surface area contributed by atoms with Gasteiger partial charge in [0, 0.05) is 37.3 Å². The third-order valence-corrected chi connectivity index (χ3v) is 4.59. The summed E-state index contributed by atoms with van der Waals surface area (Å²) >= 11 is 6.20. The number of para-hydroxylation sites is 1. The van der Waals surface area contributed by atoms with Crippen LogP contribution in [-0.4, -0.2) is 59.6 Å². The van der Waals surface area contributed by atoms with Crippen molar-refractivity contribution >= 4 is 34.5 Å². The van der Waals surface area contributed by atoms with Gasteiger partial charge >= 0.3 is 6.09 Å². The van der Waals surface area contributed by atoms with E-state index in [0.29, 0.717) is 43.4 Å². The van der Waals surface area contributed by atoms with Crippen molar-refractivity contribution in [2.24, 2.45) is 0 Å². The molecule has 0 unspecified atom stereocenters. The number of nitrogens with zero attached hydrogens (tertiary/aromatic N) is 2. The predicted molar refractivity (Wildman–Crippen MR) is 92.5 cm³/mol. The fraction of sp³-hybridized carbons (Fsp3) is 0.412. The number of halogens is 1. The van der Waals surface area contributed by atoms with Gasteiger partial charge in [-0.15, -0.1) is 0 Å². The summed E-state index contributed by atoms with van der Waals surface area (Å²) in [5.74, 6) is -0.0375. The maximum Gasteiger partial charge on any atom is 0.409 e. The van der Waals surface area contributed by atoms with Crippen LogP contribution in [0.1, 0.15) is 23.0 Å². The molecule has 0 spiro atoms. The average molecular weight is 350 g/mol. The van der Waals surface area contributed by atoms with Crippen molar-refractivity contribution in [1.82, 2.24) is 14.8 Å². The predicted octanol–water partition coefficient (Wildman–Crippen LogP) is 3.04. The molecule has 7 heteroatoms. The molecule has 1 saturated heterocycles. The van der Waals surface area contributed by atoms with Crippen LogP contribution in [0.15, 0.2) is 18.2 Å². The SMILES string of the molecule is CCOC(=O)N1CCN(C(=O)c2c(C)[nH]c3c(Cl)cccc23)CC1. The normalized spacial score (nSPS) is 15.0. The number of fused-ring (bicyclic) bond motifs is 1. The van der Waals surface area contributed by atoms with Gasteiger partial charge in [-0.2, -0.15) is 0 Å². The van der Waals surface area contributed by atoms with E-state index < -0.39 is 0 Å². The van der Waals surface area contributed by atoms with Crippen LogP contribution >= 0.6 is 11.6 Å². The van der Waals surface area contributed by atoms with Gasteiger partial charge in [0.1, 0.15) is 0 Å². The van der Waals surface area contributed by atoms with E-state index in [2.05, 4.69) is 4.98 Å². The molecule has 2 heterocycles. The highest BCUT2D eigenvalue weighted by Crippen LogP contribution is 2.29. The summed E-state index contributed by atoms with van der Waals surface area (Å²) in [5.41, 5.74) is 2.23. The number of ether oxygens (including phenoxy) is 1. The van der Waals surface area contributed by atoms with Gasteiger partial charge in [-0.1, -0.05) is 23.7 Å². The Morgan fingerprint density at radius 2 is 1.88 bits per heavy atom. The molecule has 0 aliphatic carbocycles. The van der Waals surface area contributed by atoms with E-state index in [9.17, 15) is 9.59 Å². The van der Waals surface area contributed by atoms with E-state index in [0.717, 1.165) is 16.6 Å². The lowest BCUT2D eigenvalue weighted by Crippen LogP contribution is -2.50. The smallest absolute Gasteiger partial charge is 0.409 e. The number of carbonyl (C=O) groups is 2. The van der Waals surface area contributed by atoms with Gasteiger partial charge < -0.3 is 19.5 Å². The zero-order chi connectivity index (χ0) is 17.3. The quantitative estimate of drug-likeness (QED) is 0.906. The van der Waals surface area contributed by atoms with E-state index in [1.54, 1.807) is 22.8 Å². The van der Waals surface area contributed by atoms with Gasteiger partial charge in [0.05, 0.1) is 22.7 Å². The molecule has 3 rings (SSSR count).